The molecule has 2 aromatic heterocycles. The highest BCUT2D eigenvalue weighted by molar-refractivity contribution is 5.73. The van der Waals surface area contributed by atoms with Crippen LogP contribution in [-0.4, -0.2) is 57.5 Å². The van der Waals surface area contributed by atoms with E-state index in [-0.39, 0.29) is 23.3 Å². The second-order valence-electron chi connectivity index (χ2n) is 9.51. The summed E-state index contributed by atoms with van der Waals surface area (Å²) in [6.45, 7) is 3.75. The van der Waals surface area contributed by atoms with Gasteiger partial charge in [0.2, 0.25) is 5.82 Å². The summed E-state index contributed by atoms with van der Waals surface area (Å²) in [5.74, 6) is -1.24. The second-order valence-corrected chi connectivity index (χ2v) is 9.51. The maximum Gasteiger partial charge on any atom is 0.422 e. The fourth-order valence-corrected chi connectivity index (χ4v) is 4.80. The Hall–Kier alpha value is -4.03. The van der Waals surface area contributed by atoms with Crippen LogP contribution in [0.2, 0.25) is 0 Å². The Labute approximate surface area is 227 Å². The Morgan fingerprint density at radius 1 is 1.10 bits per heavy atom. The molecule has 1 aliphatic heterocycles. The summed E-state index contributed by atoms with van der Waals surface area (Å²) in [5.41, 5.74) is -0.376. The third-order valence-electron chi connectivity index (χ3n) is 6.75. The first-order valence-corrected chi connectivity index (χ1v) is 12.9. The van der Waals surface area contributed by atoms with Crippen molar-refractivity contribution in [1.82, 2.24) is 20.2 Å². The number of hydrogen-bond acceptors (Lipinski definition) is 9. The van der Waals surface area contributed by atoms with E-state index in [0.29, 0.717) is 30.8 Å². The van der Waals surface area contributed by atoms with Crippen molar-refractivity contribution in [3.05, 3.63) is 65.7 Å². The fourth-order valence-electron chi connectivity index (χ4n) is 4.80. The third-order valence-corrected chi connectivity index (χ3v) is 6.75. The zero-order chi connectivity index (χ0) is 28.3. The van der Waals surface area contributed by atoms with Crippen LogP contribution in [0, 0.1) is 5.92 Å². The number of alkyl halides is 3. The number of aromatic nitrogens is 3. The summed E-state index contributed by atoms with van der Waals surface area (Å²) in [7, 11) is 0. The lowest BCUT2D eigenvalue weighted by atomic mass is 9.97. The van der Waals surface area contributed by atoms with E-state index in [1.165, 1.54) is 12.1 Å². The number of piperidine rings is 1. The maximum atomic E-state index is 14.0. The standard InChI is InChI=1S/C28H27F3N4O5/c1-2-38-27(37)20-9-6-14-35(15-20)16-21(36)17-10-12-19(13-11-17)25-32-26(40-34-25)23-22(28(29,30)31)24(39-33-23)18-7-4-3-5-8-18/h3-5,7-8,10-13,20-21,36H,2,6,9,14-16H2,1H3/t20-,21+/m0/s1. The topological polar surface area (TPSA) is 115 Å². The van der Waals surface area contributed by atoms with Crippen LogP contribution in [0.1, 0.15) is 37.0 Å². The lowest BCUT2D eigenvalue weighted by Crippen LogP contribution is -2.41. The second kappa shape index (κ2) is 11.6. The zero-order valence-corrected chi connectivity index (χ0v) is 21.6. The minimum atomic E-state index is -4.78. The maximum absolute atomic E-state index is 14.0. The number of hydrogen-bond donors (Lipinski definition) is 1. The Morgan fingerprint density at radius 3 is 2.55 bits per heavy atom. The number of aliphatic hydroxyl groups is 1. The van der Waals surface area contributed by atoms with Gasteiger partial charge in [0.1, 0.15) is 5.56 Å². The smallest absolute Gasteiger partial charge is 0.422 e. The molecule has 1 N–H and O–H groups in total. The normalized spacial score (nSPS) is 17.1. The molecule has 9 nitrogen and oxygen atoms in total. The molecular formula is C28H27F3N4O5. The van der Waals surface area contributed by atoms with E-state index in [2.05, 4.69) is 15.3 Å². The molecule has 0 aliphatic carbocycles. The summed E-state index contributed by atoms with van der Waals surface area (Å²) in [5, 5.41) is 18.2. The highest BCUT2D eigenvalue weighted by Crippen LogP contribution is 2.43. The zero-order valence-electron chi connectivity index (χ0n) is 21.6. The summed E-state index contributed by atoms with van der Waals surface area (Å²) in [6.07, 6.45) is -3.99. The van der Waals surface area contributed by atoms with Gasteiger partial charge in [-0.05, 0) is 31.9 Å². The molecule has 40 heavy (non-hydrogen) atoms. The van der Waals surface area contributed by atoms with Crippen LogP contribution in [0.15, 0.2) is 63.6 Å². The highest BCUT2D eigenvalue weighted by atomic mass is 19.4. The van der Waals surface area contributed by atoms with Crippen molar-refractivity contribution in [2.75, 3.05) is 26.2 Å². The van der Waals surface area contributed by atoms with Gasteiger partial charge >= 0.3 is 12.1 Å². The van der Waals surface area contributed by atoms with Crippen molar-refractivity contribution in [3.8, 4) is 34.3 Å². The summed E-state index contributed by atoms with van der Waals surface area (Å²) in [6, 6.07) is 14.5. The molecule has 0 bridgehead atoms. The number of nitrogens with zero attached hydrogens (tertiary/aromatic N) is 4. The molecule has 2 aromatic carbocycles. The van der Waals surface area contributed by atoms with E-state index in [0.717, 1.165) is 19.4 Å². The molecule has 1 saturated heterocycles. The number of ether oxygens (including phenoxy) is 1. The number of β-amino-alcohol motifs (C(OH)–C–C–N with tert-alkyl or cyclic N) is 1. The average Bonchev–Trinajstić information content (AvgIpc) is 3.62. The van der Waals surface area contributed by atoms with Crippen LogP contribution < -0.4 is 0 Å². The Bertz CT molecular complexity index is 1440. The van der Waals surface area contributed by atoms with Gasteiger partial charge in [0.05, 0.1) is 18.6 Å². The predicted octanol–water partition coefficient (Wildman–Crippen LogP) is 5.39. The number of aliphatic hydroxyl groups excluding tert-OH is 1. The molecule has 2 atom stereocenters. The van der Waals surface area contributed by atoms with Crippen LogP contribution in [0.25, 0.3) is 34.3 Å². The van der Waals surface area contributed by atoms with Gasteiger partial charge in [0.25, 0.3) is 5.89 Å². The lowest BCUT2D eigenvalue weighted by molar-refractivity contribution is -0.150. The lowest BCUT2D eigenvalue weighted by Gasteiger charge is -2.32. The highest BCUT2D eigenvalue weighted by Gasteiger charge is 2.42. The molecule has 4 aromatic rings. The summed E-state index contributed by atoms with van der Waals surface area (Å²) in [4.78, 5) is 18.3. The average molecular weight is 557 g/mol. The molecule has 3 heterocycles. The monoisotopic (exact) mass is 556 g/mol. The van der Waals surface area contributed by atoms with Gasteiger partial charge in [0.15, 0.2) is 11.5 Å². The Morgan fingerprint density at radius 2 is 1.85 bits per heavy atom. The molecule has 5 rings (SSSR count). The molecule has 0 radical (unpaired) electrons. The quantitative estimate of drug-likeness (QED) is 0.286. The number of carbonyl (C=O) groups is 1. The van der Waals surface area contributed by atoms with Gasteiger partial charge in [-0.2, -0.15) is 18.2 Å². The van der Waals surface area contributed by atoms with Crippen molar-refractivity contribution >= 4 is 5.97 Å². The molecule has 210 valence electrons. The van der Waals surface area contributed by atoms with Gasteiger partial charge in [0, 0.05) is 24.2 Å². The molecule has 0 saturated carbocycles. The largest absolute Gasteiger partial charge is 0.466 e. The van der Waals surface area contributed by atoms with Crippen LogP contribution in [0.5, 0.6) is 0 Å². The van der Waals surface area contributed by atoms with E-state index in [1.54, 1.807) is 49.4 Å². The van der Waals surface area contributed by atoms with Crippen molar-refractivity contribution in [1.29, 1.82) is 0 Å². The molecule has 1 aliphatic rings. The number of likely N-dealkylation sites (tertiary alicyclic amines) is 1. The van der Waals surface area contributed by atoms with E-state index in [4.69, 9.17) is 13.8 Å². The van der Waals surface area contributed by atoms with Gasteiger partial charge in [-0.3, -0.25) is 9.69 Å². The van der Waals surface area contributed by atoms with Gasteiger partial charge in [-0.25, -0.2) is 0 Å². The number of rotatable bonds is 8. The van der Waals surface area contributed by atoms with Crippen LogP contribution in [0.3, 0.4) is 0 Å². The van der Waals surface area contributed by atoms with E-state index in [1.807, 2.05) is 4.90 Å². The first kappa shape index (κ1) is 27.5. The minimum absolute atomic E-state index is 0.0572. The van der Waals surface area contributed by atoms with Crippen molar-refractivity contribution < 1.29 is 36.9 Å². The Kier molecular flexibility index (Phi) is 7.99. The molecule has 12 heteroatoms. The first-order chi connectivity index (χ1) is 19.2. The van der Waals surface area contributed by atoms with E-state index >= 15 is 0 Å². The van der Waals surface area contributed by atoms with Gasteiger partial charge in [-0.1, -0.05) is 64.9 Å². The molecule has 0 amide bonds. The SMILES string of the molecule is CCOC(=O)[C@H]1CCCN(C[C@@H](O)c2ccc(-c3noc(-c4noc(-c5ccccc5)c4C(F)(F)F)n3)cc2)C1. The number of benzene rings is 2. The van der Waals surface area contributed by atoms with E-state index in [9.17, 15) is 23.1 Å². The van der Waals surface area contributed by atoms with Crippen LogP contribution in [0.4, 0.5) is 13.2 Å². The number of halogens is 3. The first-order valence-electron chi connectivity index (χ1n) is 12.9. The van der Waals surface area contributed by atoms with Crippen molar-refractivity contribution in [3.63, 3.8) is 0 Å². The van der Waals surface area contributed by atoms with Crippen molar-refractivity contribution in [2.45, 2.75) is 32.0 Å². The molecule has 1 fully saturated rings. The Balaban J connectivity index is 1.30. The molecule has 0 spiro atoms. The van der Waals surface area contributed by atoms with Crippen molar-refractivity contribution in [2.24, 2.45) is 5.92 Å². The van der Waals surface area contributed by atoms with Gasteiger partial charge < -0.3 is 18.9 Å². The fraction of sp³-hybridized carbons (Fsp3) is 0.357. The van der Waals surface area contributed by atoms with Gasteiger partial charge in [-0.15, -0.1) is 0 Å². The summed E-state index contributed by atoms with van der Waals surface area (Å²) >= 11 is 0. The minimum Gasteiger partial charge on any atom is -0.466 e. The molecule has 0 unspecified atom stereocenters. The van der Waals surface area contributed by atoms with Crippen LogP contribution in [-0.2, 0) is 15.7 Å². The number of esters is 1. The third kappa shape index (κ3) is 5.92. The van der Waals surface area contributed by atoms with E-state index < -0.39 is 35.2 Å². The molecular weight excluding hydrogens is 529 g/mol. The summed E-state index contributed by atoms with van der Waals surface area (Å²) < 4.78 is 57.3. The predicted molar refractivity (Wildman–Crippen MR) is 136 cm³/mol. The number of carbonyl (C=O) groups excluding carboxylic acids is 1. The van der Waals surface area contributed by atoms with Crippen LogP contribution >= 0.6 is 0 Å².